The highest BCUT2D eigenvalue weighted by atomic mass is 35.5. The number of nitrogens with one attached hydrogen (secondary N) is 1. The molecule has 3 N–H and O–H groups in total. The van der Waals surface area contributed by atoms with Crippen LogP contribution >= 0.6 is 11.6 Å². The predicted octanol–water partition coefficient (Wildman–Crippen LogP) is 2.32. The molecule has 0 heterocycles. The molecular weight excluding hydrogens is 255 g/mol. The number of carbonyl (C=O) groups excluding carboxylic acids is 1. The van der Waals surface area contributed by atoms with Gasteiger partial charge in [-0.1, -0.05) is 17.7 Å². The van der Waals surface area contributed by atoms with Gasteiger partial charge < -0.3 is 11.1 Å². The second-order valence-corrected chi connectivity index (χ2v) is 5.08. The van der Waals surface area contributed by atoms with Crippen LogP contribution in [0.3, 0.4) is 0 Å². The molecule has 0 saturated heterocycles. The van der Waals surface area contributed by atoms with E-state index < -0.39 is 5.54 Å². The van der Waals surface area contributed by atoms with Crippen LogP contribution in [0, 0.1) is 5.82 Å². The zero-order valence-corrected chi connectivity index (χ0v) is 10.8. The summed E-state index contributed by atoms with van der Waals surface area (Å²) in [5.74, 6) is -0.438. The molecule has 2 rings (SSSR count). The summed E-state index contributed by atoms with van der Waals surface area (Å²) in [6, 6.07) is 4.57. The van der Waals surface area contributed by atoms with Gasteiger partial charge in [-0.2, -0.15) is 0 Å². The third-order valence-corrected chi connectivity index (χ3v) is 3.42. The van der Waals surface area contributed by atoms with E-state index in [1.807, 2.05) is 0 Å². The normalized spacial score (nSPS) is 16.4. The fourth-order valence-corrected chi connectivity index (χ4v) is 2.22. The Balaban J connectivity index is 2.09. The molecular formula is C13H16ClFN2O. The number of carbonyl (C=O) groups is 1. The van der Waals surface area contributed by atoms with Gasteiger partial charge in [0.15, 0.2) is 0 Å². The van der Waals surface area contributed by atoms with Crippen molar-refractivity contribution in [3.63, 3.8) is 0 Å². The van der Waals surface area contributed by atoms with Gasteiger partial charge in [0.1, 0.15) is 5.82 Å². The summed E-state index contributed by atoms with van der Waals surface area (Å²) in [4.78, 5) is 11.7. The highest BCUT2D eigenvalue weighted by Crippen LogP contribution is 2.46. The van der Waals surface area contributed by atoms with Crippen molar-refractivity contribution < 1.29 is 9.18 Å². The Bertz CT molecular complexity index is 460. The van der Waals surface area contributed by atoms with Crippen LogP contribution in [0.15, 0.2) is 18.2 Å². The van der Waals surface area contributed by atoms with Crippen molar-refractivity contribution >= 4 is 17.5 Å². The standard InChI is InChI=1S/C13H16ClFN2O/c14-9-3-4-10(11(15)8-9)13(5-6-13)17-12(18)2-1-7-16/h3-4,8H,1-2,5-7,16H2,(H,17,18). The third kappa shape index (κ3) is 2.82. The summed E-state index contributed by atoms with van der Waals surface area (Å²) in [5.41, 5.74) is 5.35. The van der Waals surface area contributed by atoms with Gasteiger partial charge in [-0.3, -0.25) is 4.79 Å². The number of nitrogens with two attached hydrogens (primary N) is 1. The van der Waals surface area contributed by atoms with E-state index in [2.05, 4.69) is 5.32 Å². The Morgan fingerprint density at radius 1 is 1.50 bits per heavy atom. The highest BCUT2D eigenvalue weighted by Gasteiger charge is 2.47. The van der Waals surface area contributed by atoms with Gasteiger partial charge in [0.25, 0.3) is 0 Å². The Labute approximate surface area is 111 Å². The lowest BCUT2D eigenvalue weighted by atomic mass is 10.0. The minimum absolute atomic E-state index is 0.0766. The van der Waals surface area contributed by atoms with Crippen LogP contribution < -0.4 is 11.1 Å². The summed E-state index contributed by atoms with van der Waals surface area (Å²) in [6.07, 6.45) is 2.55. The van der Waals surface area contributed by atoms with Crippen molar-refractivity contribution in [2.75, 3.05) is 6.54 Å². The van der Waals surface area contributed by atoms with Gasteiger partial charge in [-0.05, 0) is 37.9 Å². The Hall–Kier alpha value is -1.13. The lowest BCUT2D eigenvalue weighted by Crippen LogP contribution is -2.35. The molecule has 1 saturated carbocycles. The Morgan fingerprint density at radius 2 is 2.22 bits per heavy atom. The zero-order valence-electron chi connectivity index (χ0n) is 10.0. The molecule has 1 aromatic carbocycles. The van der Waals surface area contributed by atoms with E-state index in [4.69, 9.17) is 17.3 Å². The van der Waals surface area contributed by atoms with Crippen molar-refractivity contribution in [1.82, 2.24) is 5.32 Å². The average Bonchev–Trinajstić information content (AvgIpc) is 3.06. The summed E-state index contributed by atoms with van der Waals surface area (Å²) in [5, 5.41) is 3.26. The number of benzene rings is 1. The first-order valence-electron chi connectivity index (χ1n) is 6.04. The van der Waals surface area contributed by atoms with Crippen LogP contribution in [-0.2, 0) is 10.3 Å². The maximum atomic E-state index is 13.8. The molecule has 98 valence electrons. The summed E-state index contributed by atoms with van der Waals surface area (Å²) in [7, 11) is 0. The van der Waals surface area contributed by atoms with Crippen LogP contribution in [-0.4, -0.2) is 12.5 Å². The van der Waals surface area contributed by atoms with Gasteiger partial charge >= 0.3 is 0 Å². The third-order valence-electron chi connectivity index (χ3n) is 3.18. The predicted molar refractivity (Wildman–Crippen MR) is 68.8 cm³/mol. The number of hydrogen-bond acceptors (Lipinski definition) is 2. The lowest BCUT2D eigenvalue weighted by Gasteiger charge is -2.18. The second-order valence-electron chi connectivity index (χ2n) is 4.65. The van der Waals surface area contributed by atoms with Crippen LogP contribution in [0.25, 0.3) is 0 Å². The average molecular weight is 271 g/mol. The molecule has 0 unspecified atom stereocenters. The molecule has 1 aliphatic carbocycles. The molecule has 0 aliphatic heterocycles. The van der Waals surface area contributed by atoms with E-state index in [1.165, 1.54) is 6.07 Å². The molecule has 0 bridgehead atoms. The first kappa shape index (κ1) is 13.3. The quantitative estimate of drug-likeness (QED) is 0.863. The maximum Gasteiger partial charge on any atom is 0.220 e. The van der Waals surface area contributed by atoms with Gasteiger partial charge in [-0.15, -0.1) is 0 Å². The van der Waals surface area contributed by atoms with E-state index in [9.17, 15) is 9.18 Å². The molecule has 1 aliphatic rings. The van der Waals surface area contributed by atoms with Crippen LogP contribution in [0.1, 0.15) is 31.2 Å². The number of hydrogen-bond donors (Lipinski definition) is 2. The fraction of sp³-hybridized carbons (Fsp3) is 0.462. The van der Waals surface area contributed by atoms with E-state index in [-0.39, 0.29) is 11.7 Å². The van der Waals surface area contributed by atoms with Crippen molar-refractivity contribution in [2.45, 2.75) is 31.2 Å². The first-order valence-corrected chi connectivity index (χ1v) is 6.42. The molecule has 1 aromatic rings. The van der Waals surface area contributed by atoms with Gasteiger partial charge in [0, 0.05) is 17.0 Å². The molecule has 5 heteroatoms. The lowest BCUT2D eigenvalue weighted by molar-refractivity contribution is -0.122. The molecule has 3 nitrogen and oxygen atoms in total. The summed E-state index contributed by atoms with van der Waals surface area (Å²) in [6.45, 7) is 0.482. The van der Waals surface area contributed by atoms with Gasteiger partial charge in [-0.25, -0.2) is 4.39 Å². The van der Waals surface area contributed by atoms with Crippen molar-refractivity contribution in [1.29, 1.82) is 0 Å². The highest BCUT2D eigenvalue weighted by molar-refractivity contribution is 6.30. The first-order chi connectivity index (χ1) is 8.57. The van der Waals surface area contributed by atoms with E-state index in [1.54, 1.807) is 12.1 Å². The minimum Gasteiger partial charge on any atom is -0.346 e. The molecule has 0 atom stereocenters. The molecule has 0 spiro atoms. The van der Waals surface area contributed by atoms with Crippen LogP contribution in [0.5, 0.6) is 0 Å². The SMILES string of the molecule is NCCCC(=O)NC1(c2ccc(Cl)cc2F)CC1. The second kappa shape index (κ2) is 5.24. The smallest absolute Gasteiger partial charge is 0.220 e. The minimum atomic E-state index is -0.527. The Kier molecular flexibility index (Phi) is 3.88. The van der Waals surface area contributed by atoms with E-state index in [0.717, 1.165) is 12.8 Å². The summed E-state index contributed by atoms with van der Waals surface area (Å²) < 4.78 is 13.8. The van der Waals surface area contributed by atoms with Gasteiger partial charge in [0.2, 0.25) is 5.91 Å². The molecule has 0 radical (unpaired) electrons. The van der Waals surface area contributed by atoms with Crippen LogP contribution in [0.2, 0.25) is 5.02 Å². The molecule has 1 amide bonds. The summed E-state index contributed by atoms with van der Waals surface area (Å²) >= 11 is 5.72. The molecule has 18 heavy (non-hydrogen) atoms. The van der Waals surface area contributed by atoms with E-state index in [0.29, 0.717) is 30.0 Å². The van der Waals surface area contributed by atoms with Crippen molar-refractivity contribution in [3.05, 3.63) is 34.6 Å². The zero-order chi connectivity index (χ0) is 13.2. The van der Waals surface area contributed by atoms with Crippen molar-refractivity contribution in [2.24, 2.45) is 5.73 Å². The monoisotopic (exact) mass is 270 g/mol. The largest absolute Gasteiger partial charge is 0.346 e. The Morgan fingerprint density at radius 3 is 2.78 bits per heavy atom. The van der Waals surface area contributed by atoms with Gasteiger partial charge in [0.05, 0.1) is 5.54 Å². The fourth-order valence-electron chi connectivity index (χ4n) is 2.06. The number of halogens is 2. The molecule has 0 aromatic heterocycles. The number of rotatable bonds is 5. The van der Waals surface area contributed by atoms with Crippen molar-refractivity contribution in [3.8, 4) is 0 Å². The maximum absolute atomic E-state index is 13.8. The molecule has 1 fully saturated rings. The van der Waals surface area contributed by atoms with E-state index >= 15 is 0 Å². The van der Waals surface area contributed by atoms with Crippen LogP contribution in [0.4, 0.5) is 4.39 Å². The topological polar surface area (TPSA) is 55.1 Å². The number of amides is 1.